The van der Waals surface area contributed by atoms with Gasteiger partial charge in [-0.25, -0.2) is 4.79 Å². The summed E-state index contributed by atoms with van der Waals surface area (Å²) in [6.45, 7) is 3.93. The summed E-state index contributed by atoms with van der Waals surface area (Å²) >= 11 is 0. The molecule has 2 rings (SSSR count). The number of carbonyl (C=O) groups excluding carboxylic acids is 2. The van der Waals surface area contributed by atoms with Crippen molar-refractivity contribution in [2.75, 3.05) is 6.61 Å². The van der Waals surface area contributed by atoms with Gasteiger partial charge in [-0.05, 0) is 6.92 Å². The minimum Gasteiger partial charge on any atom is -0.463 e. The molecule has 1 N–H and O–H groups in total. The maximum absolute atomic E-state index is 12.1. The van der Waals surface area contributed by atoms with E-state index in [1.54, 1.807) is 6.92 Å². The number of hydrogen-bond acceptors (Lipinski definition) is 7. The lowest BCUT2D eigenvalue weighted by molar-refractivity contribution is -0.155. The molecular formula is C16H18N2O7. The van der Waals surface area contributed by atoms with Crippen molar-refractivity contribution in [1.29, 1.82) is 0 Å². The highest BCUT2D eigenvalue weighted by Crippen LogP contribution is 2.30. The minimum absolute atomic E-state index is 0.109. The molecule has 1 aliphatic heterocycles. The van der Waals surface area contributed by atoms with Gasteiger partial charge in [0.05, 0.1) is 0 Å². The van der Waals surface area contributed by atoms with Crippen LogP contribution in [0.2, 0.25) is 0 Å². The van der Waals surface area contributed by atoms with E-state index in [0.29, 0.717) is 0 Å². The molecule has 9 nitrogen and oxygen atoms in total. The van der Waals surface area contributed by atoms with Crippen LogP contribution in [-0.4, -0.2) is 40.3 Å². The van der Waals surface area contributed by atoms with Gasteiger partial charge in [0.15, 0.2) is 0 Å². The third-order valence-corrected chi connectivity index (χ3v) is 3.49. The average Bonchev–Trinajstić information content (AvgIpc) is 2.90. The molecule has 9 heteroatoms. The van der Waals surface area contributed by atoms with Crippen LogP contribution >= 0.6 is 0 Å². The van der Waals surface area contributed by atoms with Crippen LogP contribution in [0.15, 0.2) is 15.8 Å². The number of aromatic amines is 1. The summed E-state index contributed by atoms with van der Waals surface area (Å²) in [5, 5.41) is 0. The Labute approximate surface area is 142 Å². The lowest BCUT2D eigenvalue weighted by Gasteiger charge is -2.17. The molecule has 0 spiro atoms. The molecular weight excluding hydrogens is 332 g/mol. The first-order chi connectivity index (χ1) is 11.8. The van der Waals surface area contributed by atoms with E-state index >= 15 is 0 Å². The molecule has 0 aromatic carbocycles. The van der Waals surface area contributed by atoms with E-state index in [0.717, 1.165) is 0 Å². The van der Waals surface area contributed by atoms with Crippen LogP contribution in [0, 0.1) is 11.8 Å². The highest BCUT2D eigenvalue weighted by molar-refractivity contribution is 5.66. The predicted octanol–water partition coefficient (Wildman–Crippen LogP) is -0.310. The zero-order valence-electron chi connectivity index (χ0n) is 14.0. The number of carbonyl (C=O) groups is 2. The molecule has 0 unspecified atom stereocenters. The van der Waals surface area contributed by atoms with E-state index in [4.69, 9.17) is 14.2 Å². The van der Waals surface area contributed by atoms with Gasteiger partial charge >= 0.3 is 17.6 Å². The number of nitrogens with one attached hydrogen (secondary N) is 1. The van der Waals surface area contributed by atoms with E-state index in [1.165, 1.54) is 24.6 Å². The van der Waals surface area contributed by atoms with Crippen molar-refractivity contribution in [3.63, 3.8) is 0 Å². The Morgan fingerprint density at radius 1 is 1.36 bits per heavy atom. The van der Waals surface area contributed by atoms with Gasteiger partial charge in [0, 0.05) is 26.5 Å². The average molecular weight is 350 g/mol. The second kappa shape index (κ2) is 7.81. The Morgan fingerprint density at radius 3 is 2.68 bits per heavy atom. The zero-order chi connectivity index (χ0) is 18.6. The van der Waals surface area contributed by atoms with Gasteiger partial charge in [0.25, 0.3) is 5.56 Å². The van der Waals surface area contributed by atoms with Crippen LogP contribution in [-0.2, 0) is 23.8 Å². The maximum atomic E-state index is 12.1. The Balaban J connectivity index is 2.30. The minimum atomic E-state index is -0.799. The van der Waals surface area contributed by atoms with Crippen molar-refractivity contribution in [1.82, 2.24) is 9.55 Å². The Kier molecular flexibility index (Phi) is 5.77. The topological polar surface area (TPSA) is 117 Å². The number of rotatable bonds is 4. The van der Waals surface area contributed by atoms with Crippen LogP contribution in [0.25, 0.3) is 0 Å². The van der Waals surface area contributed by atoms with Crippen molar-refractivity contribution in [2.45, 2.75) is 45.6 Å². The van der Waals surface area contributed by atoms with Crippen molar-refractivity contribution < 1.29 is 23.8 Å². The van der Waals surface area contributed by atoms with Gasteiger partial charge in [-0.15, -0.1) is 5.92 Å². The molecule has 1 aromatic rings. The standard InChI is InChI=1S/C16H18N2O7/c1-4-5-11-7-18(16(22)17-15(11)21)14-6-12(24-10(3)20)13(25-14)8-23-9(2)19/h7,12-14H,6,8H2,1-3H3,(H,17,21,22)/t12-,13+,14+/m0/s1. The molecule has 2 heterocycles. The Bertz CT molecular complexity index is 843. The second-order valence-corrected chi connectivity index (χ2v) is 5.40. The summed E-state index contributed by atoms with van der Waals surface area (Å²) in [7, 11) is 0. The summed E-state index contributed by atoms with van der Waals surface area (Å²) in [6.07, 6.45) is -0.761. The summed E-state index contributed by atoms with van der Waals surface area (Å²) in [5.74, 6) is 4.16. The molecule has 0 saturated carbocycles. The lowest BCUT2D eigenvalue weighted by atomic mass is 10.2. The summed E-state index contributed by atoms with van der Waals surface area (Å²) < 4.78 is 17.0. The highest BCUT2D eigenvalue weighted by Gasteiger charge is 2.39. The fourth-order valence-electron chi connectivity index (χ4n) is 2.48. The monoisotopic (exact) mass is 350 g/mol. The third kappa shape index (κ3) is 4.58. The van der Waals surface area contributed by atoms with Crippen LogP contribution in [0.3, 0.4) is 0 Å². The molecule has 1 fully saturated rings. The lowest BCUT2D eigenvalue weighted by Crippen LogP contribution is -2.34. The molecule has 25 heavy (non-hydrogen) atoms. The second-order valence-electron chi connectivity index (χ2n) is 5.40. The van der Waals surface area contributed by atoms with Crippen LogP contribution in [0.1, 0.15) is 39.0 Å². The first-order valence-corrected chi connectivity index (χ1v) is 7.56. The number of H-pyrrole nitrogens is 1. The van der Waals surface area contributed by atoms with Crippen LogP contribution in [0.4, 0.5) is 0 Å². The molecule has 0 radical (unpaired) electrons. The van der Waals surface area contributed by atoms with E-state index in [9.17, 15) is 19.2 Å². The molecule has 0 amide bonds. The molecule has 0 aliphatic carbocycles. The zero-order valence-corrected chi connectivity index (χ0v) is 14.0. The fraction of sp³-hybridized carbons (Fsp3) is 0.500. The normalized spacial score (nSPS) is 22.0. The number of nitrogens with zero attached hydrogens (tertiary/aromatic N) is 1. The molecule has 1 aromatic heterocycles. The van der Waals surface area contributed by atoms with Crippen molar-refractivity contribution in [2.24, 2.45) is 0 Å². The maximum Gasteiger partial charge on any atom is 0.330 e. The number of esters is 2. The molecule has 0 bridgehead atoms. The van der Waals surface area contributed by atoms with Gasteiger partial charge < -0.3 is 14.2 Å². The molecule has 134 valence electrons. The number of ether oxygens (including phenoxy) is 3. The summed E-state index contributed by atoms with van der Waals surface area (Å²) in [6, 6.07) is 0. The van der Waals surface area contributed by atoms with Gasteiger partial charge in [0.1, 0.15) is 30.6 Å². The fourth-order valence-corrected chi connectivity index (χ4v) is 2.48. The highest BCUT2D eigenvalue weighted by atomic mass is 16.6. The van der Waals surface area contributed by atoms with Crippen molar-refractivity contribution in [3.8, 4) is 11.8 Å². The predicted molar refractivity (Wildman–Crippen MR) is 84.6 cm³/mol. The SMILES string of the molecule is CC#Cc1cn([C@H]2C[C@H](OC(C)=O)[C@@H](COC(C)=O)O2)c(=O)[nH]c1=O. The Morgan fingerprint density at radius 2 is 2.08 bits per heavy atom. The Hall–Kier alpha value is -2.86. The first-order valence-electron chi connectivity index (χ1n) is 7.56. The van der Waals surface area contributed by atoms with Gasteiger partial charge in [-0.3, -0.25) is 23.9 Å². The van der Waals surface area contributed by atoms with Gasteiger partial charge in [0.2, 0.25) is 0 Å². The molecule has 3 atom stereocenters. The largest absolute Gasteiger partial charge is 0.463 e. The van der Waals surface area contributed by atoms with E-state index < -0.39 is 41.6 Å². The molecule has 1 saturated heterocycles. The van der Waals surface area contributed by atoms with E-state index in [-0.39, 0.29) is 18.6 Å². The third-order valence-electron chi connectivity index (χ3n) is 3.49. The van der Waals surface area contributed by atoms with Crippen LogP contribution < -0.4 is 11.2 Å². The van der Waals surface area contributed by atoms with Gasteiger partial charge in [-0.2, -0.15) is 0 Å². The van der Waals surface area contributed by atoms with E-state index in [1.807, 2.05) is 0 Å². The van der Waals surface area contributed by atoms with Crippen molar-refractivity contribution >= 4 is 11.9 Å². The van der Waals surface area contributed by atoms with E-state index in [2.05, 4.69) is 16.8 Å². The quantitative estimate of drug-likeness (QED) is 0.585. The smallest absolute Gasteiger partial charge is 0.330 e. The summed E-state index contributed by atoms with van der Waals surface area (Å²) in [4.78, 5) is 48.2. The number of aromatic nitrogens is 2. The number of hydrogen-bond donors (Lipinski definition) is 1. The van der Waals surface area contributed by atoms with Crippen molar-refractivity contribution in [3.05, 3.63) is 32.6 Å². The van der Waals surface area contributed by atoms with Crippen LogP contribution in [0.5, 0.6) is 0 Å². The molecule has 1 aliphatic rings. The van der Waals surface area contributed by atoms with Gasteiger partial charge in [-0.1, -0.05) is 5.92 Å². The first kappa shape index (κ1) is 18.5. The summed E-state index contributed by atoms with van der Waals surface area (Å²) in [5.41, 5.74) is -1.16.